The second-order valence-corrected chi connectivity index (χ2v) is 3.78. The maximum atomic E-state index is 9.87. The maximum absolute atomic E-state index is 9.87. The SMILES string of the molecule is CNCC(O)c1ccccc1OC(C)C. The topological polar surface area (TPSA) is 41.5 Å². The minimum absolute atomic E-state index is 0.118. The third-order valence-corrected chi connectivity index (χ3v) is 2.04. The van der Waals surface area contributed by atoms with Gasteiger partial charge in [-0.15, -0.1) is 0 Å². The van der Waals surface area contributed by atoms with E-state index >= 15 is 0 Å². The van der Waals surface area contributed by atoms with Gasteiger partial charge < -0.3 is 15.2 Å². The van der Waals surface area contributed by atoms with Gasteiger partial charge in [0.15, 0.2) is 0 Å². The van der Waals surface area contributed by atoms with Gasteiger partial charge in [0.05, 0.1) is 12.2 Å². The van der Waals surface area contributed by atoms with Gasteiger partial charge in [0, 0.05) is 12.1 Å². The lowest BCUT2D eigenvalue weighted by Gasteiger charge is -2.17. The summed E-state index contributed by atoms with van der Waals surface area (Å²) < 4.78 is 5.63. The second kappa shape index (κ2) is 5.73. The molecule has 1 atom stereocenters. The van der Waals surface area contributed by atoms with E-state index < -0.39 is 6.10 Å². The summed E-state index contributed by atoms with van der Waals surface area (Å²) in [6, 6.07) is 7.59. The van der Waals surface area contributed by atoms with Crippen LogP contribution in [0.3, 0.4) is 0 Å². The molecule has 0 heterocycles. The smallest absolute Gasteiger partial charge is 0.125 e. The van der Waals surface area contributed by atoms with Crippen LogP contribution < -0.4 is 10.1 Å². The van der Waals surface area contributed by atoms with Crippen molar-refractivity contribution in [2.24, 2.45) is 0 Å². The van der Waals surface area contributed by atoms with Crippen molar-refractivity contribution in [3.05, 3.63) is 29.8 Å². The molecule has 1 rings (SSSR count). The molecule has 0 aliphatic carbocycles. The summed E-state index contributed by atoms with van der Waals surface area (Å²) in [5.74, 6) is 0.759. The molecule has 0 fully saturated rings. The van der Waals surface area contributed by atoms with E-state index in [1.807, 2.05) is 45.2 Å². The fourth-order valence-electron chi connectivity index (χ4n) is 1.42. The zero-order chi connectivity index (χ0) is 11.3. The number of likely N-dealkylation sites (N-methyl/N-ethyl adjacent to an activating group) is 1. The molecule has 0 amide bonds. The minimum Gasteiger partial charge on any atom is -0.491 e. The van der Waals surface area contributed by atoms with Crippen LogP contribution in [0.1, 0.15) is 25.5 Å². The van der Waals surface area contributed by atoms with Crippen LogP contribution >= 0.6 is 0 Å². The molecule has 15 heavy (non-hydrogen) atoms. The van der Waals surface area contributed by atoms with E-state index in [-0.39, 0.29) is 6.10 Å². The molecule has 0 aliphatic heterocycles. The van der Waals surface area contributed by atoms with E-state index in [4.69, 9.17) is 4.74 Å². The van der Waals surface area contributed by atoms with E-state index in [2.05, 4.69) is 5.32 Å². The molecule has 0 aliphatic rings. The lowest BCUT2D eigenvalue weighted by Crippen LogP contribution is -2.18. The zero-order valence-electron chi connectivity index (χ0n) is 9.53. The Morgan fingerprint density at radius 3 is 2.60 bits per heavy atom. The van der Waals surface area contributed by atoms with E-state index in [9.17, 15) is 5.11 Å². The fraction of sp³-hybridized carbons (Fsp3) is 0.500. The zero-order valence-corrected chi connectivity index (χ0v) is 9.53. The molecule has 3 heteroatoms. The van der Waals surface area contributed by atoms with Crippen molar-refractivity contribution in [1.29, 1.82) is 0 Å². The summed E-state index contributed by atoms with van der Waals surface area (Å²) in [6.45, 7) is 4.47. The number of para-hydroxylation sites is 1. The molecule has 0 spiro atoms. The van der Waals surface area contributed by atoms with Crippen LogP contribution in [0.4, 0.5) is 0 Å². The summed E-state index contributed by atoms with van der Waals surface area (Å²) >= 11 is 0. The summed E-state index contributed by atoms with van der Waals surface area (Å²) in [6.07, 6.45) is -0.405. The molecule has 1 unspecified atom stereocenters. The number of nitrogens with one attached hydrogen (secondary N) is 1. The molecule has 84 valence electrons. The highest BCUT2D eigenvalue weighted by atomic mass is 16.5. The maximum Gasteiger partial charge on any atom is 0.125 e. The molecule has 0 aromatic heterocycles. The quantitative estimate of drug-likeness (QED) is 0.776. The molecular weight excluding hydrogens is 190 g/mol. The van der Waals surface area contributed by atoms with Crippen LogP contribution in [0.2, 0.25) is 0 Å². The molecule has 2 N–H and O–H groups in total. The summed E-state index contributed by atoms with van der Waals surface area (Å²) in [5, 5.41) is 12.8. The summed E-state index contributed by atoms with van der Waals surface area (Å²) in [7, 11) is 1.81. The number of ether oxygens (including phenoxy) is 1. The van der Waals surface area contributed by atoms with Crippen LogP contribution in [0.5, 0.6) is 5.75 Å². The molecule has 0 bridgehead atoms. The average molecular weight is 209 g/mol. The number of aliphatic hydroxyl groups excluding tert-OH is 1. The van der Waals surface area contributed by atoms with E-state index in [1.165, 1.54) is 0 Å². The van der Waals surface area contributed by atoms with Gasteiger partial charge in [-0.25, -0.2) is 0 Å². The lowest BCUT2D eigenvalue weighted by molar-refractivity contribution is 0.165. The Labute approximate surface area is 91.1 Å². The Balaban J connectivity index is 2.85. The molecule has 1 aromatic carbocycles. The van der Waals surface area contributed by atoms with Crippen molar-refractivity contribution in [2.75, 3.05) is 13.6 Å². The predicted octanol–water partition coefficient (Wildman–Crippen LogP) is 1.73. The molecule has 0 saturated carbocycles. The van der Waals surface area contributed by atoms with Crippen LogP contribution in [0.25, 0.3) is 0 Å². The van der Waals surface area contributed by atoms with Crippen molar-refractivity contribution in [2.45, 2.75) is 26.1 Å². The third-order valence-electron chi connectivity index (χ3n) is 2.04. The molecule has 0 saturated heterocycles. The number of hydrogen-bond donors (Lipinski definition) is 2. The Morgan fingerprint density at radius 2 is 2.00 bits per heavy atom. The third kappa shape index (κ3) is 3.53. The van der Waals surface area contributed by atoms with Gasteiger partial charge in [-0.2, -0.15) is 0 Å². The number of benzene rings is 1. The highest BCUT2D eigenvalue weighted by Crippen LogP contribution is 2.25. The van der Waals surface area contributed by atoms with Crippen molar-refractivity contribution in [3.8, 4) is 5.75 Å². The first-order chi connectivity index (χ1) is 7.15. The van der Waals surface area contributed by atoms with Crippen LogP contribution in [0, 0.1) is 0 Å². The Bertz CT molecular complexity index is 299. The van der Waals surface area contributed by atoms with Gasteiger partial charge in [-0.3, -0.25) is 0 Å². The van der Waals surface area contributed by atoms with E-state index in [0.717, 1.165) is 11.3 Å². The highest BCUT2D eigenvalue weighted by Gasteiger charge is 2.12. The van der Waals surface area contributed by atoms with E-state index in [1.54, 1.807) is 0 Å². The average Bonchev–Trinajstić information content (AvgIpc) is 2.18. The van der Waals surface area contributed by atoms with Gasteiger partial charge in [0.25, 0.3) is 0 Å². The first-order valence-electron chi connectivity index (χ1n) is 5.23. The Hall–Kier alpha value is -1.06. The Morgan fingerprint density at radius 1 is 1.33 bits per heavy atom. The standard InChI is InChI=1S/C12H19NO2/c1-9(2)15-12-7-5-4-6-10(12)11(14)8-13-3/h4-7,9,11,13-14H,8H2,1-3H3. The van der Waals surface area contributed by atoms with Crippen molar-refractivity contribution < 1.29 is 9.84 Å². The normalized spacial score (nSPS) is 12.9. The largest absolute Gasteiger partial charge is 0.491 e. The van der Waals surface area contributed by atoms with Crippen LogP contribution in [-0.2, 0) is 0 Å². The van der Waals surface area contributed by atoms with E-state index in [0.29, 0.717) is 6.54 Å². The van der Waals surface area contributed by atoms with Crippen molar-refractivity contribution in [3.63, 3.8) is 0 Å². The fourth-order valence-corrected chi connectivity index (χ4v) is 1.42. The number of hydrogen-bond acceptors (Lipinski definition) is 3. The Kier molecular flexibility index (Phi) is 4.59. The molecule has 0 radical (unpaired) electrons. The number of rotatable bonds is 5. The minimum atomic E-state index is -0.523. The summed E-state index contributed by atoms with van der Waals surface area (Å²) in [4.78, 5) is 0. The van der Waals surface area contributed by atoms with Crippen LogP contribution in [0.15, 0.2) is 24.3 Å². The first kappa shape index (κ1) is 12.0. The van der Waals surface area contributed by atoms with Crippen LogP contribution in [-0.4, -0.2) is 24.8 Å². The highest BCUT2D eigenvalue weighted by molar-refractivity contribution is 5.35. The second-order valence-electron chi connectivity index (χ2n) is 3.78. The molecule has 1 aromatic rings. The van der Waals surface area contributed by atoms with Gasteiger partial charge >= 0.3 is 0 Å². The van der Waals surface area contributed by atoms with Crippen molar-refractivity contribution in [1.82, 2.24) is 5.32 Å². The predicted molar refractivity (Wildman–Crippen MR) is 61.1 cm³/mol. The van der Waals surface area contributed by atoms with Crippen molar-refractivity contribution >= 4 is 0 Å². The van der Waals surface area contributed by atoms with Gasteiger partial charge in [-0.05, 0) is 27.0 Å². The summed E-state index contributed by atoms with van der Waals surface area (Å²) in [5.41, 5.74) is 0.834. The van der Waals surface area contributed by atoms with Gasteiger partial charge in [-0.1, -0.05) is 18.2 Å². The molecule has 3 nitrogen and oxygen atoms in total. The first-order valence-corrected chi connectivity index (χ1v) is 5.23. The molecular formula is C12H19NO2. The monoisotopic (exact) mass is 209 g/mol. The lowest BCUT2D eigenvalue weighted by atomic mass is 10.1. The van der Waals surface area contributed by atoms with Gasteiger partial charge in [0.2, 0.25) is 0 Å². The number of aliphatic hydroxyl groups is 1. The van der Waals surface area contributed by atoms with Gasteiger partial charge in [0.1, 0.15) is 5.75 Å².